The molecule has 3 N–H and O–H groups in total. The van der Waals surface area contributed by atoms with E-state index in [1.165, 1.54) is 18.4 Å². The zero-order chi connectivity index (χ0) is 16.4. The topological polar surface area (TPSA) is 104 Å². The summed E-state index contributed by atoms with van der Waals surface area (Å²) in [6, 6.07) is -2.13. The summed E-state index contributed by atoms with van der Waals surface area (Å²) in [4.78, 5) is 26.1. The number of carbonyl (C=O) groups is 2. The largest absolute Gasteiger partial charge is 0.479 e. The van der Waals surface area contributed by atoms with Gasteiger partial charge in [-0.15, -0.1) is 0 Å². The molecule has 1 rings (SSSR count). The number of oxazole rings is 1. The minimum absolute atomic E-state index is 0.0895. The van der Waals surface area contributed by atoms with Gasteiger partial charge in [0.05, 0.1) is 6.20 Å². The van der Waals surface area contributed by atoms with E-state index in [4.69, 9.17) is 9.52 Å². The third kappa shape index (κ3) is 3.64. The van der Waals surface area contributed by atoms with Crippen LogP contribution in [0.15, 0.2) is 10.6 Å². The molecule has 2 atom stereocenters. The number of halogens is 3. The van der Waals surface area contributed by atoms with Crippen LogP contribution in [-0.2, 0) is 4.79 Å². The monoisotopic (exact) mass is 309 g/mol. The predicted octanol–water partition coefficient (Wildman–Crippen LogP) is 1.75. The van der Waals surface area contributed by atoms with Gasteiger partial charge >= 0.3 is 18.2 Å². The van der Waals surface area contributed by atoms with Crippen molar-refractivity contribution in [3.8, 4) is 0 Å². The molecule has 1 heterocycles. The van der Waals surface area contributed by atoms with Crippen LogP contribution in [0, 0.1) is 6.92 Å². The van der Waals surface area contributed by atoms with Crippen LogP contribution in [0.4, 0.5) is 18.0 Å². The summed E-state index contributed by atoms with van der Waals surface area (Å²) in [5.74, 6) is -1.67. The number of nitrogens with one attached hydrogen (secondary N) is 2. The summed E-state index contributed by atoms with van der Waals surface area (Å²) in [7, 11) is 0. The standard InChI is InChI=1S/C11H14F3N3O4/c1-5-4-15-7(21-5)6(2)16-9(20)17-10(3,8(18)19)11(12,13)14/h4,6H,1-3H3,(H,18,19)(H2,16,17,20). The number of carboxylic acids is 1. The van der Waals surface area contributed by atoms with Crippen molar-refractivity contribution < 1.29 is 32.3 Å². The summed E-state index contributed by atoms with van der Waals surface area (Å²) in [6.45, 7) is 3.39. The van der Waals surface area contributed by atoms with E-state index >= 15 is 0 Å². The number of amides is 2. The van der Waals surface area contributed by atoms with E-state index in [1.54, 1.807) is 6.92 Å². The van der Waals surface area contributed by atoms with Crippen molar-refractivity contribution >= 4 is 12.0 Å². The molecule has 0 aromatic carbocycles. The van der Waals surface area contributed by atoms with E-state index in [2.05, 4.69) is 10.3 Å². The van der Waals surface area contributed by atoms with Crippen LogP contribution in [0.5, 0.6) is 0 Å². The van der Waals surface area contributed by atoms with Gasteiger partial charge < -0.3 is 20.2 Å². The maximum atomic E-state index is 12.7. The summed E-state index contributed by atoms with van der Waals surface area (Å²) in [6.07, 6.45) is -3.78. The van der Waals surface area contributed by atoms with Gasteiger partial charge in [-0.3, -0.25) is 0 Å². The molecular weight excluding hydrogens is 295 g/mol. The third-order valence-electron chi connectivity index (χ3n) is 2.72. The zero-order valence-electron chi connectivity index (χ0n) is 11.4. The fourth-order valence-electron chi connectivity index (χ4n) is 1.34. The highest BCUT2D eigenvalue weighted by atomic mass is 19.4. The zero-order valence-corrected chi connectivity index (χ0v) is 11.4. The van der Waals surface area contributed by atoms with Gasteiger partial charge in [0, 0.05) is 0 Å². The Morgan fingerprint density at radius 1 is 1.43 bits per heavy atom. The second kappa shape index (κ2) is 5.62. The molecule has 0 radical (unpaired) electrons. The molecule has 0 aliphatic rings. The third-order valence-corrected chi connectivity index (χ3v) is 2.72. The number of aryl methyl sites for hydroxylation is 1. The minimum atomic E-state index is -5.15. The van der Waals surface area contributed by atoms with Crippen LogP contribution in [-0.4, -0.2) is 33.8 Å². The van der Waals surface area contributed by atoms with Crippen LogP contribution >= 0.6 is 0 Å². The van der Waals surface area contributed by atoms with Crippen molar-refractivity contribution in [2.75, 3.05) is 0 Å². The molecule has 1 aromatic heterocycles. The lowest BCUT2D eigenvalue weighted by atomic mass is 10.0. The van der Waals surface area contributed by atoms with Gasteiger partial charge in [-0.2, -0.15) is 13.2 Å². The molecule has 0 fully saturated rings. The number of urea groups is 1. The average Bonchev–Trinajstić information content (AvgIpc) is 2.73. The lowest BCUT2D eigenvalue weighted by Crippen LogP contribution is -2.63. The van der Waals surface area contributed by atoms with E-state index in [0.717, 1.165) is 0 Å². The van der Waals surface area contributed by atoms with Gasteiger partial charge in [-0.1, -0.05) is 0 Å². The molecule has 2 amide bonds. The van der Waals surface area contributed by atoms with Gasteiger partial charge in [-0.25, -0.2) is 14.6 Å². The van der Waals surface area contributed by atoms with Crippen LogP contribution in [0.3, 0.4) is 0 Å². The quantitative estimate of drug-likeness (QED) is 0.786. The Morgan fingerprint density at radius 3 is 2.38 bits per heavy atom. The van der Waals surface area contributed by atoms with E-state index in [0.29, 0.717) is 12.7 Å². The number of hydrogen-bond donors (Lipinski definition) is 3. The van der Waals surface area contributed by atoms with Gasteiger partial charge in [-0.05, 0) is 20.8 Å². The Hall–Kier alpha value is -2.26. The number of carbonyl (C=O) groups excluding carboxylic acids is 1. The number of aromatic nitrogens is 1. The van der Waals surface area contributed by atoms with Crippen molar-refractivity contribution in [1.82, 2.24) is 15.6 Å². The van der Waals surface area contributed by atoms with Crippen molar-refractivity contribution in [1.29, 1.82) is 0 Å². The van der Waals surface area contributed by atoms with Gasteiger partial charge in [0.25, 0.3) is 0 Å². The van der Waals surface area contributed by atoms with E-state index < -0.39 is 29.8 Å². The molecule has 21 heavy (non-hydrogen) atoms. The van der Waals surface area contributed by atoms with E-state index in [1.807, 2.05) is 0 Å². The predicted molar refractivity (Wildman–Crippen MR) is 63.4 cm³/mol. The van der Waals surface area contributed by atoms with Crippen molar-refractivity contribution in [2.45, 2.75) is 38.5 Å². The first-order valence-corrected chi connectivity index (χ1v) is 5.78. The SMILES string of the molecule is Cc1cnc(C(C)NC(=O)NC(C)(C(=O)O)C(F)(F)F)o1. The highest BCUT2D eigenvalue weighted by Gasteiger charge is 2.58. The lowest BCUT2D eigenvalue weighted by molar-refractivity contribution is -0.203. The minimum Gasteiger partial charge on any atom is -0.479 e. The smallest absolute Gasteiger partial charge is 0.422 e. The molecule has 0 spiro atoms. The van der Waals surface area contributed by atoms with Crippen LogP contribution < -0.4 is 10.6 Å². The molecule has 0 saturated carbocycles. The summed E-state index contributed by atoms with van der Waals surface area (Å²) in [5.41, 5.74) is -3.40. The second-order valence-corrected chi connectivity index (χ2v) is 4.56. The molecular formula is C11H14F3N3O4. The Balaban J connectivity index is 2.78. The number of aliphatic carboxylic acids is 1. The first-order chi connectivity index (χ1) is 9.47. The maximum Gasteiger partial charge on any atom is 0.422 e. The van der Waals surface area contributed by atoms with Gasteiger partial charge in [0.1, 0.15) is 11.8 Å². The van der Waals surface area contributed by atoms with Crippen LogP contribution in [0.1, 0.15) is 31.5 Å². The number of rotatable bonds is 4. The van der Waals surface area contributed by atoms with Crippen molar-refractivity contribution in [3.63, 3.8) is 0 Å². The van der Waals surface area contributed by atoms with Crippen LogP contribution in [0.25, 0.3) is 0 Å². The highest BCUT2D eigenvalue weighted by molar-refractivity contribution is 5.86. The first-order valence-electron chi connectivity index (χ1n) is 5.78. The van der Waals surface area contributed by atoms with Crippen LogP contribution in [0.2, 0.25) is 0 Å². The molecule has 10 heteroatoms. The molecule has 0 aliphatic heterocycles. The fraction of sp³-hybridized carbons (Fsp3) is 0.545. The first kappa shape index (κ1) is 16.8. The molecule has 0 saturated heterocycles. The van der Waals surface area contributed by atoms with Gasteiger partial charge in [0.2, 0.25) is 11.4 Å². The molecule has 1 aromatic rings. The normalized spacial score (nSPS) is 15.9. The number of carboxylic acid groups (broad SMARTS) is 1. The van der Waals surface area contributed by atoms with Crippen molar-refractivity contribution in [2.24, 2.45) is 0 Å². The summed E-state index contributed by atoms with van der Waals surface area (Å²) in [5, 5.41) is 12.2. The molecule has 0 bridgehead atoms. The molecule has 0 aliphatic carbocycles. The Bertz CT molecular complexity index is 543. The molecule has 2 unspecified atom stereocenters. The van der Waals surface area contributed by atoms with Gasteiger partial charge in [0.15, 0.2) is 0 Å². The average molecular weight is 309 g/mol. The van der Waals surface area contributed by atoms with Crippen molar-refractivity contribution in [3.05, 3.63) is 17.8 Å². The van der Waals surface area contributed by atoms with E-state index in [-0.39, 0.29) is 5.89 Å². The Kier molecular flexibility index (Phi) is 4.49. The highest BCUT2D eigenvalue weighted by Crippen LogP contribution is 2.30. The fourth-order valence-corrected chi connectivity index (χ4v) is 1.34. The second-order valence-electron chi connectivity index (χ2n) is 4.56. The molecule has 7 nitrogen and oxygen atoms in total. The Morgan fingerprint density at radius 2 is 2.00 bits per heavy atom. The maximum absolute atomic E-state index is 12.7. The number of nitrogens with zero attached hydrogens (tertiary/aromatic N) is 1. The Labute approximate surface area is 117 Å². The lowest BCUT2D eigenvalue weighted by Gasteiger charge is -2.29. The summed E-state index contributed by atoms with van der Waals surface area (Å²) >= 11 is 0. The number of hydrogen-bond acceptors (Lipinski definition) is 4. The molecule has 118 valence electrons. The summed E-state index contributed by atoms with van der Waals surface area (Å²) < 4.78 is 43.3. The number of alkyl halides is 3. The van der Waals surface area contributed by atoms with E-state index in [9.17, 15) is 22.8 Å².